The van der Waals surface area contributed by atoms with Gasteiger partial charge < -0.3 is 19.9 Å². The summed E-state index contributed by atoms with van der Waals surface area (Å²) in [6.07, 6.45) is 2.46. The van der Waals surface area contributed by atoms with Gasteiger partial charge in [0.05, 0.1) is 16.8 Å². The molecule has 1 aromatic carbocycles. The first kappa shape index (κ1) is 22.9. The third kappa shape index (κ3) is 5.07. The van der Waals surface area contributed by atoms with E-state index in [1.165, 1.54) is 35.2 Å². The molecule has 174 valence electrons. The van der Waals surface area contributed by atoms with Crippen molar-refractivity contribution in [2.45, 2.75) is 31.4 Å². The number of amides is 4. The number of ether oxygens (including phenoxy) is 1. The van der Waals surface area contributed by atoms with E-state index in [0.29, 0.717) is 23.7 Å². The first-order valence-corrected chi connectivity index (χ1v) is 10.9. The van der Waals surface area contributed by atoms with Crippen molar-refractivity contribution >= 4 is 46.6 Å². The topological polar surface area (TPSA) is 104 Å². The summed E-state index contributed by atoms with van der Waals surface area (Å²) in [7, 11) is 1.50. The molecule has 2 saturated heterocycles. The van der Waals surface area contributed by atoms with Gasteiger partial charge >= 0.3 is 6.03 Å². The van der Waals surface area contributed by atoms with Gasteiger partial charge in [-0.05, 0) is 36.8 Å². The molecule has 2 aliphatic rings. The number of carbonyl (C=O) groups is 3. The molecule has 0 radical (unpaired) electrons. The molecule has 1 aromatic heterocycles. The second-order valence-electron chi connectivity index (χ2n) is 7.86. The molecular formula is C22H23ClFN5O4. The predicted octanol–water partition coefficient (Wildman–Crippen LogP) is 3.26. The minimum absolute atomic E-state index is 0.0315. The van der Waals surface area contributed by atoms with Crippen LogP contribution in [0.3, 0.4) is 0 Å². The summed E-state index contributed by atoms with van der Waals surface area (Å²) < 4.78 is 20.1. The minimum Gasteiger partial charge on any atom is -0.380 e. The van der Waals surface area contributed by atoms with E-state index < -0.39 is 23.8 Å². The van der Waals surface area contributed by atoms with Gasteiger partial charge in [0.1, 0.15) is 17.7 Å². The molecule has 2 N–H and O–H groups in total. The van der Waals surface area contributed by atoms with Gasteiger partial charge in [-0.25, -0.2) is 14.2 Å². The van der Waals surface area contributed by atoms with Gasteiger partial charge in [-0.2, -0.15) is 0 Å². The van der Waals surface area contributed by atoms with E-state index >= 15 is 0 Å². The average molecular weight is 476 g/mol. The summed E-state index contributed by atoms with van der Waals surface area (Å²) in [6.45, 7) is 0.726. The second-order valence-corrected chi connectivity index (χ2v) is 8.29. The van der Waals surface area contributed by atoms with Crippen LogP contribution in [0.25, 0.3) is 0 Å². The normalized spacial score (nSPS) is 20.3. The molecule has 2 aromatic rings. The number of carbonyl (C=O) groups excluding carboxylic acids is 3. The summed E-state index contributed by atoms with van der Waals surface area (Å²) in [5.41, 5.74) is 0.417. The number of hydrogen-bond acceptors (Lipinski definition) is 5. The third-order valence-electron chi connectivity index (χ3n) is 5.72. The van der Waals surface area contributed by atoms with E-state index in [4.69, 9.17) is 16.3 Å². The Kier molecular flexibility index (Phi) is 6.75. The van der Waals surface area contributed by atoms with Crippen molar-refractivity contribution in [1.82, 2.24) is 9.88 Å². The number of aromatic nitrogens is 1. The van der Waals surface area contributed by atoms with Gasteiger partial charge in [0.25, 0.3) is 0 Å². The van der Waals surface area contributed by atoms with Gasteiger partial charge in [0, 0.05) is 44.9 Å². The number of nitrogens with zero attached hydrogens (tertiary/aromatic N) is 3. The zero-order chi connectivity index (χ0) is 23.5. The average Bonchev–Trinajstić information content (AvgIpc) is 3.43. The fourth-order valence-electron chi connectivity index (χ4n) is 3.98. The Morgan fingerprint density at radius 1 is 1.24 bits per heavy atom. The van der Waals surface area contributed by atoms with Crippen LogP contribution in [0.5, 0.6) is 0 Å². The lowest BCUT2D eigenvalue weighted by atomic mass is 10.1. The lowest BCUT2D eigenvalue weighted by Crippen LogP contribution is -2.45. The molecule has 2 fully saturated rings. The van der Waals surface area contributed by atoms with Crippen LogP contribution in [-0.2, 0) is 14.3 Å². The van der Waals surface area contributed by atoms with Crippen molar-refractivity contribution in [2.24, 2.45) is 0 Å². The predicted molar refractivity (Wildman–Crippen MR) is 121 cm³/mol. The Balaban J connectivity index is 1.46. The quantitative estimate of drug-likeness (QED) is 0.690. The summed E-state index contributed by atoms with van der Waals surface area (Å²) in [4.78, 5) is 44.6. The van der Waals surface area contributed by atoms with Gasteiger partial charge in [0.15, 0.2) is 0 Å². The SMILES string of the molecule is CO[C@@H]1C[C@H](C(=O)Nc2ccc(N3CCCC3=O)cc2F)N(C(=O)Nc2ccc(Cl)cn2)C1. The fourth-order valence-corrected chi connectivity index (χ4v) is 4.09. The molecule has 33 heavy (non-hydrogen) atoms. The molecule has 0 bridgehead atoms. The van der Waals surface area contributed by atoms with Crippen molar-refractivity contribution in [1.29, 1.82) is 0 Å². The van der Waals surface area contributed by atoms with E-state index in [1.54, 1.807) is 18.2 Å². The van der Waals surface area contributed by atoms with Crippen molar-refractivity contribution in [2.75, 3.05) is 35.7 Å². The van der Waals surface area contributed by atoms with Crippen LogP contribution in [0, 0.1) is 5.82 Å². The van der Waals surface area contributed by atoms with Gasteiger partial charge in [-0.3, -0.25) is 14.9 Å². The molecule has 11 heteroatoms. The van der Waals surface area contributed by atoms with E-state index in [-0.39, 0.29) is 36.5 Å². The molecule has 3 heterocycles. The number of rotatable bonds is 5. The molecule has 4 rings (SSSR count). The Labute approximate surface area is 194 Å². The molecule has 0 spiro atoms. The highest BCUT2D eigenvalue weighted by atomic mass is 35.5. The Hall–Kier alpha value is -3.24. The van der Waals surface area contributed by atoms with Crippen LogP contribution in [-0.4, -0.2) is 60.1 Å². The maximum Gasteiger partial charge on any atom is 0.323 e. The van der Waals surface area contributed by atoms with Crippen molar-refractivity contribution in [3.63, 3.8) is 0 Å². The molecule has 2 aliphatic heterocycles. The second kappa shape index (κ2) is 9.72. The summed E-state index contributed by atoms with van der Waals surface area (Å²) in [6, 6.07) is 5.95. The smallest absolute Gasteiger partial charge is 0.323 e. The Bertz CT molecular complexity index is 1070. The van der Waals surface area contributed by atoms with Crippen LogP contribution in [0.1, 0.15) is 19.3 Å². The highest BCUT2D eigenvalue weighted by Gasteiger charge is 2.40. The number of pyridine rings is 1. The zero-order valence-electron chi connectivity index (χ0n) is 17.9. The molecular weight excluding hydrogens is 453 g/mol. The number of likely N-dealkylation sites (tertiary alicyclic amines) is 1. The molecule has 2 atom stereocenters. The standard InChI is InChI=1S/C22H23ClFN5O4/c1-33-15-10-18(29(12-15)22(32)27-19-7-4-13(23)11-25-19)21(31)26-17-6-5-14(9-16(17)24)28-8-2-3-20(28)30/h4-7,9,11,15,18H,2-3,8,10,12H2,1H3,(H,26,31)(H,25,27,32)/t15-,18-/m1/s1. The van der Waals surface area contributed by atoms with Gasteiger partial charge in [-0.15, -0.1) is 0 Å². The number of benzene rings is 1. The van der Waals surface area contributed by atoms with E-state index in [0.717, 1.165) is 6.42 Å². The fraction of sp³-hybridized carbons (Fsp3) is 0.364. The van der Waals surface area contributed by atoms with Crippen molar-refractivity contribution < 1.29 is 23.5 Å². The highest BCUT2D eigenvalue weighted by molar-refractivity contribution is 6.30. The summed E-state index contributed by atoms with van der Waals surface area (Å²) in [5, 5.41) is 5.61. The van der Waals surface area contributed by atoms with Crippen molar-refractivity contribution in [3.05, 3.63) is 47.4 Å². The molecule has 0 saturated carbocycles. The minimum atomic E-state index is -0.874. The monoisotopic (exact) mass is 475 g/mol. The van der Waals surface area contributed by atoms with Crippen molar-refractivity contribution in [3.8, 4) is 0 Å². The lowest BCUT2D eigenvalue weighted by Gasteiger charge is -2.24. The van der Waals surface area contributed by atoms with Crippen LogP contribution in [0.4, 0.5) is 26.4 Å². The first-order chi connectivity index (χ1) is 15.9. The lowest BCUT2D eigenvalue weighted by molar-refractivity contribution is -0.119. The number of halogens is 2. The maximum atomic E-state index is 14.7. The number of hydrogen-bond donors (Lipinski definition) is 2. The van der Waals surface area contributed by atoms with Gasteiger partial charge in [-0.1, -0.05) is 11.6 Å². The maximum absolute atomic E-state index is 14.7. The first-order valence-electron chi connectivity index (χ1n) is 10.5. The van der Waals surface area contributed by atoms with Crippen LogP contribution in [0.2, 0.25) is 5.02 Å². The Morgan fingerprint density at radius 3 is 2.70 bits per heavy atom. The largest absolute Gasteiger partial charge is 0.380 e. The van der Waals surface area contributed by atoms with Crippen LogP contribution in [0.15, 0.2) is 36.5 Å². The van der Waals surface area contributed by atoms with Gasteiger partial charge in [0.2, 0.25) is 11.8 Å². The van der Waals surface area contributed by atoms with Crippen LogP contribution >= 0.6 is 11.6 Å². The van der Waals surface area contributed by atoms with E-state index in [2.05, 4.69) is 15.6 Å². The number of nitrogens with one attached hydrogen (secondary N) is 2. The highest BCUT2D eigenvalue weighted by Crippen LogP contribution is 2.27. The van der Waals surface area contributed by atoms with Crippen LogP contribution < -0.4 is 15.5 Å². The molecule has 9 nitrogen and oxygen atoms in total. The molecule has 4 amide bonds. The number of anilines is 3. The third-order valence-corrected chi connectivity index (χ3v) is 5.94. The number of methoxy groups -OCH3 is 1. The van der Waals surface area contributed by atoms with E-state index in [1.807, 2.05) is 0 Å². The zero-order valence-corrected chi connectivity index (χ0v) is 18.6. The summed E-state index contributed by atoms with van der Waals surface area (Å²) in [5.74, 6) is -0.983. The van der Waals surface area contributed by atoms with E-state index in [9.17, 15) is 18.8 Å². The number of urea groups is 1. The molecule has 0 unspecified atom stereocenters. The Morgan fingerprint density at radius 2 is 2.06 bits per heavy atom. The molecule has 0 aliphatic carbocycles. The summed E-state index contributed by atoms with van der Waals surface area (Å²) >= 11 is 5.82.